The number of hydrogen-bond acceptors (Lipinski definition) is 17. The topological polar surface area (TPSA) is 292 Å². The van der Waals surface area contributed by atoms with Gasteiger partial charge in [0, 0.05) is 0 Å². The highest BCUT2D eigenvalue weighted by molar-refractivity contribution is 5.79. The van der Waals surface area contributed by atoms with Crippen molar-refractivity contribution in [3.05, 3.63) is 11.6 Å². The molecule has 4 saturated carbocycles. The number of carboxylic acids is 1. The van der Waals surface area contributed by atoms with Crippen LogP contribution in [0.25, 0.3) is 0 Å². The molecule has 0 unspecified atom stereocenters. The van der Waals surface area contributed by atoms with Gasteiger partial charge in [-0.15, -0.1) is 0 Å². The molecular weight excluding hydrogens is 852 g/mol. The molecule has 8 rings (SSSR count). The molecule has 0 aromatic rings. The van der Waals surface area contributed by atoms with E-state index in [1.807, 2.05) is 0 Å². The maximum Gasteiger partial charge on any atom is 0.335 e. The number of carbonyl (C=O) groups is 2. The Hall–Kier alpha value is -1.88. The van der Waals surface area contributed by atoms with Gasteiger partial charge in [0.15, 0.2) is 18.7 Å². The quantitative estimate of drug-likeness (QED) is 0.0918. The zero-order valence-corrected chi connectivity index (χ0v) is 38.7. The van der Waals surface area contributed by atoms with E-state index >= 15 is 0 Å². The van der Waals surface area contributed by atoms with Crippen molar-refractivity contribution in [3.8, 4) is 0 Å². The number of ether oxygens (including phenoxy) is 6. The third kappa shape index (κ3) is 7.76. The van der Waals surface area contributed by atoms with Gasteiger partial charge in [-0.25, -0.2) is 4.79 Å². The molecule has 3 saturated heterocycles. The van der Waals surface area contributed by atoms with Gasteiger partial charge in [-0.3, -0.25) is 4.79 Å². The molecule has 7 fully saturated rings. The molecule has 0 amide bonds. The van der Waals surface area contributed by atoms with Crippen LogP contribution in [-0.4, -0.2) is 168 Å². The Labute approximate surface area is 380 Å². The summed E-state index contributed by atoms with van der Waals surface area (Å²) in [6.45, 7) is 14.9. The molecule has 8 aliphatic rings. The normalized spacial score (nSPS) is 52.7. The Morgan fingerprint density at radius 2 is 1.38 bits per heavy atom. The molecular formula is C47H74O18. The van der Waals surface area contributed by atoms with Crippen molar-refractivity contribution >= 4 is 11.9 Å². The van der Waals surface area contributed by atoms with Crippen LogP contribution < -0.4 is 0 Å². The van der Waals surface area contributed by atoms with Crippen LogP contribution in [0.5, 0.6) is 0 Å². The van der Waals surface area contributed by atoms with Crippen molar-refractivity contribution in [3.63, 3.8) is 0 Å². The minimum Gasteiger partial charge on any atom is -0.479 e. The molecule has 5 aliphatic carbocycles. The monoisotopic (exact) mass is 926 g/mol. The van der Waals surface area contributed by atoms with E-state index in [2.05, 4.69) is 54.5 Å². The summed E-state index contributed by atoms with van der Waals surface area (Å²) >= 11 is 0. The van der Waals surface area contributed by atoms with E-state index in [0.717, 1.165) is 44.9 Å². The van der Waals surface area contributed by atoms with E-state index in [-0.39, 0.29) is 39.4 Å². The molecule has 3 aliphatic heterocycles. The lowest BCUT2D eigenvalue weighted by molar-refractivity contribution is -0.357. The van der Waals surface area contributed by atoms with E-state index in [4.69, 9.17) is 28.4 Å². The van der Waals surface area contributed by atoms with Crippen LogP contribution in [0.2, 0.25) is 0 Å². The highest BCUT2D eigenvalue weighted by Crippen LogP contribution is 2.76. The second-order valence-corrected chi connectivity index (χ2v) is 23.1. The fraction of sp³-hybridized carbons (Fsp3) is 0.915. The second-order valence-electron chi connectivity index (χ2n) is 23.1. The first kappa shape index (κ1) is 49.5. The second kappa shape index (κ2) is 17.2. The van der Waals surface area contributed by atoms with E-state index in [0.29, 0.717) is 19.3 Å². The van der Waals surface area contributed by atoms with Crippen molar-refractivity contribution in [2.45, 2.75) is 205 Å². The number of hydrogen-bond donors (Lipinski definition) is 10. The van der Waals surface area contributed by atoms with Gasteiger partial charge in [-0.1, -0.05) is 60.1 Å². The number of aliphatic carboxylic acids is 1. The predicted molar refractivity (Wildman–Crippen MR) is 225 cm³/mol. The van der Waals surface area contributed by atoms with E-state index < -0.39 is 128 Å². The first-order valence-electron chi connectivity index (χ1n) is 23.7. The summed E-state index contributed by atoms with van der Waals surface area (Å²) in [7, 11) is 0. The maximum atomic E-state index is 14.7. The highest BCUT2D eigenvalue weighted by Gasteiger charge is 2.70. The number of aliphatic hydroxyl groups is 9. The summed E-state index contributed by atoms with van der Waals surface area (Å²) in [5.41, 5.74) is -0.846. The van der Waals surface area contributed by atoms with E-state index in [1.165, 1.54) is 5.57 Å². The fourth-order valence-electron chi connectivity index (χ4n) is 14.7. The van der Waals surface area contributed by atoms with Crippen molar-refractivity contribution in [1.82, 2.24) is 0 Å². The van der Waals surface area contributed by atoms with E-state index in [9.17, 15) is 60.7 Å². The van der Waals surface area contributed by atoms with Crippen LogP contribution in [0.3, 0.4) is 0 Å². The van der Waals surface area contributed by atoms with Crippen LogP contribution in [0.15, 0.2) is 11.6 Å². The Balaban J connectivity index is 1.03. The third-order valence-electron chi connectivity index (χ3n) is 18.9. The molecule has 0 bridgehead atoms. The summed E-state index contributed by atoms with van der Waals surface area (Å²) in [5, 5.41) is 105. The SMILES string of the molecule is CC1(C)CC[C@]2(C(=O)O[C@@H]3O[C@H](CO)[C@@H](O)[C@H](O)[C@H]3O)CC[C@]3(C)C(=CC[C@@H]4[C@@]5(C)CC[C@H](O[C@H]6O[C@H](C(=O)O)[C@@H](O)[C@H](O[C@H]7OC[C@H](O)[C@H](O)[C@H]7O)[C@H]6O)C(C)(C)[C@H]5CC[C@]43C)[C@H]2C1. The molecule has 0 aromatic carbocycles. The Morgan fingerprint density at radius 1 is 0.708 bits per heavy atom. The Morgan fingerprint density at radius 3 is 2.06 bits per heavy atom. The summed E-state index contributed by atoms with van der Waals surface area (Å²) in [5.74, 6) is -1.80. The molecule has 3 heterocycles. The Kier molecular flexibility index (Phi) is 13.1. The number of carbonyl (C=O) groups excluding carboxylic acids is 1. The molecule has 65 heavy (non-hydrogen) atoms. The van der Waals surface area contributed by atoms with Gasteiger partial charge in [0.1, 0.15) is 61.0 Å². The van der Waals surface area contributed by atoms with Gasteiger partial charge in [0.25, 0.3) is 0 Å². The van der Waals surface area contributed by atoms with Gasteiger partial charge in [0.05, 0.1) is 24.7 Å². The zero-order valence-electron chi connectivity index (χ0n) is 38.7. The minimum absolute atomic E-state index is 0.0677. The maximum absolute atomic E-state index is 14.7. The lowest BCUT2D eigenvalue weighted by Gasteiger charge is -2.71. The number of fused-ring (bicyclic) bond motifs is 7. The van der Waals surface area contributed by atoms with Gasteiger partial charge >= 0.3 is 11.9 Å². The van der Waals surface area contributed by atoms with Crippen molar-refractivity contribution in [2.75, 3.05) is 13.2 Å². The molecule has 18 heteroatoms. The van der Waals surface area contributed by atoms with Gasteiger partial charge in [0.2, 0.25) is 6.29 Å². The number of aliphatic hydroxyl groups excluding tert-OH is 9. The van der Waals surface area contributed by atoms with Crippen molar-refractivity contribution < 1.29 is 89.1 Å². The fourth-order valence-corrected chi connectivity index (χ4v) is 14.7. The van der Waals surface area contributed by atoms with Gasteiger partial charge in [-0.05, 0) is 109 Å². The number of esters is 1. The average molecular weight is 927 g/mol. The molecule has 370 valence electrons. The predicted octanol–water partition coefficient (Wildman–Crippen LogP) is 0.872. The van der Waals surface area contributed by atoms with Crippen LogP contribution >= 0.6 is 0 Å². The van der Waals surface area contributed by atoms with Crippen LogP contribution in [0, 0.1) is 50.2 Å². The standard InChI is InChI=1S/C47H74O18/c1-42(2)14-16-47(41(59)65-39-32(54)30(52)29(51)24(19-48)61-39)17-15-45(6)21(22(47)18-42)8-9-26-44(5)12-11-27(43(3,4)25(44)10-13-46(26,45)7)62-40-34(56)35(33(55)36(64-40)37(57)58)63-38-31(53)28(50)23(49)20-60-38/h8,22-36,38-40,48-56H,9-20H2,1-7H3,(H,57,58)/t22-,23+,24-,25-,26-,27+,28+,29-,30+,31-,32-,33+,34-,35+,36+,38-,39+,40+,44+,45-,46-,47+/m1/s1. The summed E-state index contributed by atoms with van der Waals surface area (Å²) in [6, 6.07) is 0. The average Bonchev–Trinajstić information content (AvgIpc) is 3.24. The largest absolute Gasteiger partial charge is 0.479 e. The third-order valence-corrected chi connectivity index (χ3v) is 18.9. The van der Waals surface area contributed by atoms with Crippen LogP contribution in [0.1, 0.15) is 113 Å². The molecule has 22 atom stereocenters. The summed E-state index contributed by atoms with van der Waals surface area (Å²) in [6.07, 6.45) is -13.7. The first-order valence-corrected chi connectivity index (χ1v) is 23.7. The van der Waals surface area contributed by atoms with E-state index in [1.54, 1.807) is 0 Å². The molecule has 18 nitrogen and oxygen atoms in total. The van der Waals surface area contributed by atoms with Crippen molar-refractivity contribution in [2.24, 2.45) is 50.2 Å². The zero-order chi connectivity index (χ0) is 47.6. The smallest absolute Gasteiger partial charge is 0.335 e. The lowest BCUT2D eigenvalue weighted by Crippen LogP contribution is -2.67. The lowest BCUT2D eigenvalue weighted by atomic mass is 9.33. The molecule has 0 radical (unpaired) electrons. The van der Waals surface area contributed by atoms with Crippen LogP contribution in [0.4, 0.5) is 0 Å². The molecule has 0 aromatic heterocycles. The first-order chi connectivity index (χ1) is 30.3. The van der Waals surface area contributed by atoms with Gasteiger partial charge < -0.3 is 79.5 Å². The summed E-state index contributed by atoms with van der Waals surface area (Å²) in [4.78, 5) is 27.0. The number of rotatable bonds is 8. The summed E-state index contributed by atoms with van der Waals surface area (Å²) < 4.78 is 35.1. The van der Waals surface area contributed by atoms with Crippen molar-refractivity contribution in [1.29, 1.82) is 0 Å². The highest BCUT2D eigenvalue weighted by atomic mass is 16.7. The minimum atomic E-state index is -1.90. The Bertz CT molecular complexity index is 1820. The number of allylic oxidation sites excluding steroid dienone is 2. The van der Waals surface area contributed by atoms with Crippen LogP contribution in [-0.2, 0) is 38.0 Å². The molecule has 10 N–H and O–H groups in total. The van der Waals surface area contributed by atoms with Gasteiger partial charge in [-0.2, -0.15) is 0 Å². The molecule has 0 spiro atoms. The number of carboxylic acid groups (broad SMARTS) is 1.